The molecule has 0 spiro atoms. The fraction of sp³-hybridized carbons (Fsp3) is 0.375. The van der Waals surface area contributed by atoms with Crippen LogP contribution in [-0.4, -0.2) is 44.0 Å². The van der Waals surface area contributed by atoms with Crippen molar-refractivity contribution in [2.24, 2.45) is 0 Å². The van der Waals surface area contributed by atoms with Crippen LogP contribution >= 0.6 is 0 Å². The van der Waals surface area contributed by atoms with Crippen LogP contribution in [0.15, 0.2) is 48.5 Å². The summed E-state index contributed by atoms with van der Waals surface area (Å²) in [7, 11) is 0. The molecule has 2 aliphatic heterocycles. The molecule has 0 aliphatic carbocycles. The number of carbonyl (C=O) groups is 3. The zero-order valence-electron chi connectivity index (χ0n) is 17.7. The van der Waals surface area contributed by atoms with E-state index in [1.165, 1.54) is 12.1 Å². The van der Waals surface area contributed by atoms with E-state index in [4.69, 9.17) is 4.74 Å². The van der Waals surface area contributed by atoms with Crippen molar-refractivity contribution < 1.29 is 23.5 Å². The first-order chi connectivity index (χ1) is 15.5. The summed E-state index contributed by atoms with van der Waals surface area (Å²) in [4.78, 5) is 38.7. The number of hydrogen-bond acceptors (Lipinski definition) is 4. The van der Waals surface area contributed by atoms with Crippen molar-refractivity contribution in [2.75, 3.05) is 36.5 Å². The second-order valence-corrected chi connectivity index (χ2v) is 8.24. The number of ether oxygens (including phenoxy) is 1. The quantitative estimate of drug-likeness (QED) is 0.702. The van der Waals surface area contributed by atoms with Crippen LogP contribution in [0, 0.1) is 5.82 Å². The summed E-state index contributed by atoms with van der Waals surface area (Å²) in [6, 6.07) is 13.1. The van der Waals surface area contributed by atoms with Crippen LogP contribution in [0.25, 0.3) is 0 Å². The van der Waals surface area contributed by atoms with Crippen LogP contribution < -0.4 is 15.5 Å². The molecule has 0 bridgehead atoms. The Morgan fingerprint density at radius 3 is 2.50 bits per heavy atom. The molecule has 0 saturated carbocycles. The smallest absolute Gasteiger partial charge is 0.313 e. The van der Waals surface area contributed by atoms with E-state index < -0.39 is 17.2 Å². The molecular weight excluding hydrogens is 413 g/mol. The summed E-state index contributed by atoms with van der Waals surface area (Å²) < 4.78 is 18.9. The second kappa shape index (κ2) is 9.48. The van der Waals surface area contributed by atoms with E-state index in [-0.39, 0.29) is 18.3 Å². The number of amides is 3. The summed E-state index contributed by atoms with van der Waals surface area (Å²) in [5.74, 6) is -1.80. The summed E-state index contributed by atoms with van der Waals surface area (Å²) in [6.45, 7) is 1.95. The van der Waals surface area contributed by atoms with E-state index in [1.807, 2.05) is 0 Å². The van der Waals surface area contributed by atoms with Gasteiger partial charge in [-0.1, -0.05) is 18.2 Å². The molecule has 2 aromatic rings. The lowest BCUT2D eigenvalue weighted by molar-refractivity contribution is -0.136. The molecule has 2 N–H and O–H groups in total. The summed E-state index contributed by atoms with van der Waals surface area (Å²) in [5.41, 5.74) is 1.63. The van der Waals surface area contributed by atoms with Gasteiger partial charge in [-0.05, 0) is 55.2 Å². The first-order valence-corrected chi connectivity index (χ1v) is 10.8. The van der Waals surface area contributed by atoms with Crippen molar-refractivity contribution in [2.45, 2.75) is 31.1 Å². The molecular formula is C24H26FN3O4. The molecule has 0 aromatic heterocycles. The summed E-state index contributed by atoms with van der Waals surface area (Å²) >= 11 is 0. The molecule has 0 atom stereocenters. The lowest BCUT2D eigenvalue weighted by Crippen LogP contribution is -2.47. The van der Waals surface area contributed by atoms with E-state index in [2.05, 4.69) is 10.6 Å². The first kappa shape index (κ1) is 22.0. The predicted molar refractivity (Wildman–Crippen MR) is 118 cm³/mol. The number of hydrogen-bond donors (Lipinski definition) is 2. The van der Waals surface area contributed by atoms with Gasteiger partial charge in [0, 0.05) is 49.5 Å². The molecule has 2 heterocycles. The van der Waals surface area contributed by atoms with Crippen molar-refractivity contribution in [1.82, 2.24) is 5.32 Å². The predicted octanol–water partition coefficient (Wildman–Crippen LogP) is 2.76. The molecule has 7 nitrogen and oxygen atoms in total. The van der Waals surface area contributed by atoms with Gasteiger partial charge in [0.2, 0.25) is 5.91 Å². The van der Waals surface area contributed by atoms with Crippen molar-refractivity contribution in [3.8, 4) is 0 Å². The van der Waals surface area contributed by atoms with Crippen LogP contribution in [0.3, 0.4) is 0 Å². The minimum absolute atomic E-state index is 0.0498. The highest BCUT2D eigenvalue weighted by molar-refractivity contribution is 6.39. The highest BCUT2D eigenvalue weighted by atomic mass is 19.1. The normalized spacial score (nSPS) is 17.8. The van der Waals surface area contributed by atoms with E-state index >= 15 is 0 Å². The van der Waals surface area contributed by atoms with Crippen LogP contribution in [0.1, 0.15) is 31.2 Å². The van der Waals surface area contributed by atoms with Crippen molar-refractivity contribution in [3.63, 3.8) is 0 Å². The highest BCUT2D eigenvalue weighted by Crippen LogP contribution is 2.34. The SMILES string of the molecule is O=C(NCC1(c2ccc(F)cc2)CCOCC1)C(=O)Nc1cccc(N2CCCC2=O)c1. The van der Waals surface area contributed by atoms with Gasteiger partial charge in [-0.15, -0.1) is 0 Å². The highest BCUT2D eigenvalue weighted by Gasteiger charge is 2.35. The number of rotatable bonds is 5. The molecule has 2 aromatic carbocycles. The summed E-state index contributed by atoms with van der Waals surface area (Å²) in [6.07, 6.45) is 2.64. The Morgan fingerprint density at radius 1 is 1.06 bits per heavy atom. The molecule has 32 heavy (non-hydrogen) atoms. The minimum atomic E-state index is -0.781. The van der Waals surface area contributed by atoms with E-state index in [1.54, 1.807) is 41.3 Å². The van der Waals surface area contributed by atoms with Gasteiger partial charge in [0.1, 0.15) is 5.82 Å². The van der Waals surface area contributed by atoms with Gasteiger partial charge in [0.25, 0.3) is 0 Å². The first-order valence-electron chi connectivity index (χ1n) is 10.8. The number of nitrogens with zero attached hydrogens (tertiary/aromatic N) is 1. The third-order valence-corrected chi connectivity index (χ3v) is 6.19. The van der Waals surface area contributed by atoms with E-state index in [0.717, 1.165) is 12.0 Å². The standard InChI is InChI=1S/C24H26FN3O4/c25-18-8-6-17(7-9-18)24(10-13-32-14-11-24)16-26-22(30)23(31)27-19-3-1-4-20(15-19)28-12-2-5-21(28)29/h1,3-4,6-9,15H,2,5,10-14,16H2,(H,26,30)(H,27,31). The topological polar surface area (TPSA) is 87.7 Å². The largest absolute Gasteiger partial charge is 0.381 e. The molecule has 2 fully saturated rings. The maximum atomic E-state index is 13.4. The van der Waals surface area contributed by atoms with E-state index in [9.17, 15) is 18.8 Å². The van der Waals surface area contributed by atoms with Crippen molar-refractivity contribution in [3.05, 3.63) is 59.9 Å². The van der Waals surface area contributed by atoms with Gasteiger partial charge in [0.05, 0.1) is 0 Å². The maximum absolute atomic E-state index is 13.4. The number of benzene rings is 2. The minimum Gasteiger partial charge on any atom is -0.381 e. The molecule has 2 aliphatic rings. The molecule has 3 amide bonds. The Morgan fingerprint density at radius 2 is 1.81 bits per heavy atom. The number of carbonyl (C=O) groups excluding carboxylic acids is 3. The molecule has 4 rings (SSSR count). The maximum Gasteiger partial charge on any atom is 0.313 e. The fourth-order valence-corrected chi connectivity index (χ4v) is 4.32. The molecule has 0 radical (unpaired) electrons. The lowest BCUT2D eigenvalue weighted by Gasteiger charge is -2.37. The number of nitrogens with one attached hydrogen (secondary N) is 2. The van der Waals surface area contributed by atoms with Gasteiger partial charge in [-0.2, -0.15) is 0 Å². The van der Waals surface area contributed by atoms with Crippen molar-refractivity contribution >= 4 is 29.1 Å². The van der Waals surface area contributed by atoms with Gasteiger partial charge in [0.15, 0.2) is 0 Å². The van der Waals surface area contributed by atoms with Crippen molar-refractivity contribution in [1.29, 1.82) is 0 Å². The fourth-order valence-electron chi connectivity index (χ4n) is 4.32. The van der Waals surface area contributed by atoms with Gasteiger partial charge >= 0.3 is 11.8 Å². The lowest BCUT2D eigenvalue weighted by atomic mass is 9.74. The summed E-state index contributed by atoms with van der Waals surface area (Å²) in [5, 5.41) is 5.34. The van der Waals surface area contributed by atoms with Crippen LogP contribution in [0.5, 0.6) is 0 Å². The average Bonchev–Trinajstić information content (AvgIpc) is 3.24. The number of halogens is 1. The molecule has 168 valence electrons. The van der Waals surface area contributed by atoms with Crippen LogP contribution in [0.2, 0.25) is 0 Å². The van der Waals surface area contributed by atoms with E-state index in [0.29, 0.717) is 50.4 Å². The zero-order valence-corrected chi connectivity index (χ0v) is 17.7. The Bertz CT molecular complexity index is 1000. The molecule has 2 saturated heterocycles. The third kappa shape index (κ3) is 4.80. The number of anilines is 2. The Kier molecular flexibility index (Phi) is 6.50. The average molecular weight is 439 g/mol. The second-order valence-electron chi connectivity index (χ2n) is 8.24. The Labute approximate surface area is 185 Å². The molecule has 0 unspecified atom stereocenters. The Hall–Kier alpha value is -3.26. The van der Waals surface area contributed by atoms with Gasteiger partial charge in [-0.25, -0.2) is 4.39 Å². The van der Waals surface area contributed by atoms with Gasteiger partial charge < -0.3 is 20.3 Å². The molecule has 8 heteroatoms. The van der Waals surface area contributed by atoms with Crippen LogP contribution in [-0.2, 0) is 24.5 Å². The third-order valence-electron chi connectivity index (χ3n) is 6.19. The van der Waals surface area contributed by atoms with Gasteiger partial charge in [-0.3, -0.25) is 14.4 Å². The Balaban J connectivity index is 1.40. The monoisotopic (exact) mass is 439 g/mol. The zero-order chi connectivity index (χ0) is 22.6. The van der Waals surface area contributed by atoms with Crippen LogP contribution in [0.4, 0.5) is 15.8 Å².